The van der Waals surface area contributed by atoms with Crippen LogP contribution >= 0.6 is 0 Å². The second-order valence-corrected chi connectivity index (χ2v) is 6.25. The van der Waals surface area contributed by atoms with Gasteiger partial charge in [-0.25, -0.2) is 4.79 Å². The summed E-state index contributed by atoms with van der Waals surface area (Å²) in [5.41, 5.74) is 1.23. The van der Waals surface area contributed by atoms with E-state index in [1.807, 2.05) is 18.2 Å². The highest BCUT2D eigenvalue weighted by Gasteiger charge is 2.34. The average molecular weight is 363 g/mol. The molecule has 1 aliphatic heterocycles. The number of hydrogen-bond acceptors (Lipinski definition) is 5. The third-order valence-corrected chi connectivity index (χ3v) is 4.52. The summed E-state index contributed by atoms with van der Waals surface area (Å²) in [5.74, 6) is -0.523. The van der Waals surface area contributed by atoms with Crippen LogP contribution in [0.25, 0.3) is 5.69 Å². The predicted molar refractivity (Wildman–Crippen MR) is 96.7 cm³/mol. The molecule has 3 aromatic rings. The molecule has 0 bridgehead atoms. The van der Waals surface area contributed by atoms with Crippen molar-refractivity contribution in [2.45, 2.75) is 19.4 Å². The van der Waals surface area contributed by atoms with E-state index < -0.39 is 0 Å². The van der Waals surface area contributed by atoms with Crippen LogP contribution in [-0.2, 0) is 6.54 Å². The number of carbonyl (C=O) groups is 2. The van der Waals surface area contributed by atoms with Gasteiger partial charge in [0, 0.05) is 13.1 Å². The Balaban J connectivity index is 1.35. The van der Waals surface area contributed by atoms with E-state index in [2.05, 4.69) is 10.4 Å². The number of para-hydroxylation sites is 1. The normalized spacial score (nSPS) is 13.3. The van der Waals surface area contributed by atoms with Crippen molar-refractivity contribution in [2.24, 2.45) is 0 Å². The molecule has 27 heavy (non-hydrogen) atoms. The highest BCUT2D eigenvalue weighted by molar-refractivity contribution is 6.21. The minimum absolute atomic E-state index is 0.261. The van der Waals surface area contributed by atoms with Gasteiger partial charge < -0.3 is 0 Å². The second-order valence-electron chi connectivity index (χ2n) is 6.25. The summed E-state index contributed by atoms with van der Waals surface area (Å²) in [7, 11) is 0. The summed E-state index contributed by atoms with van der Waals surface area (Å²) >= 11 is 0. The third-order valence-electron chi connectivity index (χ3n) is 4.52. The Bertz CT molecular complexity index is 1020. The summed E-state index contributed by atoms with van der Waals surface area (Å²) in [6, 6.07) is 15.9. The zero-order valence-electron chi connectivity index (χ0n) is 14.5. The van der Waals surface area contributed by atoms with Crippen LogP contribution in [0.5, 0.6) is 0 Å². The molecule has 1 aromatic heterocycles. The Morgan fingerprint density at radius 3 is 1.96 bits per heavy atom. The van der Waals surface area contributed by atoms with Crippen LogP contribution in [0.1, 0.15) is 33.6 Å². The molecule has 0 spiro atoms. The predicted octanol–water partition coefficient (Wildman–Crippen LogP) is 1.51. The molecule has 2 aromatic carbocycles. The quantitative estimate of drug-likeness (QED) is 0.489. The van der Waals surface area contributed by atoms with Crippen LogP contribution in [0.4, 0.5) is 0 Å². The topological polar surface area (TPSA) is 90.1 Å². The van der Waals surface area contributed by atoms with Crippen molar-refractivity contribution in [3.63, 3.8) is 0 Å². The SMILES string of the molecule is O=C1c2ccccc2C(=O)N1CCCCn1nnn(-c2ccccc2)c1=O. The van der Waals surface area contributed by atoms with E-state index in [9.17, 15) is 14.4 Å². The molecule has 1 aliphatic rings. The zero-order chi connectivity index (χ0) is 18.8. The maximum Gasteiger partial charge on any atom is 0.368 e. The van der Waals surface area contributed by atoms with E-state index in [0.717, 1.165) is 0 Å². The van der Waals surface area contributed by atoms with Crippen molar-refractivity contribution in [1.29, 1.82) is 0 Å². The number of amides is 2. The highest BCUT2D eigenvalue weighted by atomic mass is 16.2. The molecule has 0 saturated heterocycles. The molecular weight excluding hydrogens is 346 g/mol. The average Bonchev–Trinajstić information content (AvgIpc) is 3.18. The van der Waals surface area contributed by atoms with Gasteiger partial charge in [0.2, 0.25) is 0 Å². The van der Waals surface area contributed by atoms with Crippen LogP contribution in [0.15, 0.2) is 59.4 Å². The van der Waals surface area contributed by atoms with Crippen LogP contribution in [0.3, 0.4) is 0 Å². The van der Waals surface area contributed by atoms with Gasteiger partial charge in [-0.3, -0.25) is 14.5 Å². The fourth-order valence-electron chi connectivity index (χ4n) is 3.12. The Kier molecular flexibility index (Phi) is 4.37. The molecule has 0 atom stereocenters. The minimum Gasteiger partial charge on any atom is -0.274 e. The van der Waals surface area contributed by atoms with Crippen molar-refractivity contribution in [2.75, 3.05) is 6.54 Å². The molecule has 136 valence electrons. The zero-order valence-corrected chi connectivity index (χ0v) is 14.5. The van der Waals surface area contributed by atoms with E-state index in [-0.39, 0.29) is 17.5 Å². The van der Waals surface area contributed by atoms with E-state index in [1.165, 1.54) is 14.3 Å². The van der Waals surface area contributed by atoms with Gasteiger partial charge in [0.25, 0.3) is 11.8 Å². The second kappa shape index (κ2) is 6.99. The number of rotatable bonds is 6. The summed E-state index contributed by atoms with van der Waals surface area (Å²) in [6.45, 7) is 0.683. The number of aryl methyl sites for hydroxylation is 1. The molecule has 0 N–H and O–H groups in total. The molecule has 8 nitrogen and oxygen atoms in total. The van der Waals surface area contributed by atoms with Crippen LogP contribution in [0, 0.1) is 0 Å². The van der Waals surface area contributed by atoms with Crippen molar-refractivity contribution in [3.8, 4) is 5.69 Å². The number of tetrazole rings is 1. The van der Waals surface area contributed by atoms with Gasteiger partial charge in [-0.1, -0.05) is 30.3 Å². The standard InChI is InChI=1S/C19H17N5O3/c25-17-15-10-4-5-11-16(15)18(26)22(17)12-6-7-13-23-19(27)24(21-20-23)14-8-2-1-3-9-14/h1-5,8-11H,6-7,12-13H2. The molecule has 0 unspecified atom stereocenters. The van der Waals surface area contributed by atoms with E-state index in [4.69, 9.17) is 0 Å². The third kappa shape index (κ3) is 3.05. The van der Waals surface area contributed by atoms with Crippen LogP contribution in [-0.4, -0.2) is 43.0 Å². The fraction of sp³-hybridized carbons (Fsp3) is 0.211. The number of carbonyl (C=O) groups excluding carboxylic acids is 2. The lowest BCUT2D eigenvalue weighted by Crippen LogP contribution is -2.31. The molecule has 0 saturated carbocycles. The number of fused-ring (bicyclic) bond motifs is 1. The summed E-state index contributed by atoms with van der Waals surface area (Å²) in [6.07, 6.45) is 1.18. The number of imide groups is 1. The molecule has 2 amide bonds. The molecule has 4 rings (SSSR count). The van der Waals surface area contributed by atoms with Gasteiger partial charge in [-0.05, 0) is 47.5 Å². The number of unbranched alkanes of at least 4 members (excludes halogenated alkanes) is 1. The lowest BCUT2D eigenvalue weighted by Gasteiger charge is -2.13. The van der Waals surface area contributed by atoms with Gasteiger partial charge in [-0.2, -0.15) is 9.36 Å². The highest BCUT2D eigenvalue weighted by Crippen LogP contribution is 2.22. The van der Waals surface area contributed by atoms with E-state index >= 15 is 0 Å². The molecule has 8 heteroatoms. The van der Waals surface area contributed by atoms with E-state index in [0.29, 0.717) is 42.7 Å². The monoisotopic (exact) mass is 363 g/mol. The van der Waals surface area contributed by atoms with Gasteiger partial charge in [0.1, 0.15) is 0 Å². The smallest absolute Gasteiger partial charge is 0.274 e. The first-order valence-corrected chi connectivity index (χ1v) is 8.70. The molecule has 2 heterocycles. The molecular formula is C19H17N5O3. The number of benzene rings is 2. The van der Waals surface area contributed by atoms with Gasteiger partial charge in [0.05, 0.1) is 16.8 Å². The summed E-state index contributed by atoms with van der Waals surface area (Å²) in [4.78, 5) is 38.2. The minimum atomic E-state index is -0.318. The van der Waals surface area contributed by atoms with Crippen molar-refractivity contribution >= 4 is 11.8 Å². The van der Waals surface area contributed by atoms with E-state index in [1.54, 1.807) is 36.4 Å². The first-order chi connectivity index (χ1) is 13.2. The van der Waals surface area contributed by atoms with Gasteiger partial charge >= 0.3 is 5.69 Å². The molecule has 0 aliphatic carbocycles. The summed E-state index contributed by atoms with van der Waals surface area (Å²) in [5, 5.41) is 7.79. The Labute approximate surface area is 154 Å². The number of hydrogen-bond donors (Lipinski definition) is 0. The Morgan fingerprint density at radius 2 is 1.30 bits per heavy atom. The van der Waals surface area contributed by atoms with Gasteiger partial charge in [0.15, 0.2) is 0 Å². The summed E-state index contributed by atoms with van der Waals surface area (Å²) < 4.78 is 2.53. The fourth-order valence-corrected chi connectivity index (χ4v) is 3.12. The maximum atomic E-state index is 12.4. The first-order valence-electron chi connectivity index (χ1n) is 8.70. The lowest BCUT2D eigenvalue weighted by atomic mass is 10.1. The number of aromatic nitrogens is 4. The maximum absolute atomic E-state index is 12.4. The largest absolute Gasteiger partial charge is 0.368 e. The van der Waals surface area contributed by atoms with Crippen molar-refractivity contribution in [1.82, 2.24) is 24.7 Å². The Hall–Kier alpha value is -3.55. The lowest BCUT2D eigenvalue weighted by molar-refractivity contribution is 0.0651. The first kappa shape index (κ1) is 16.9. The van der Waals surface area contributed by atoms with Crippen molar-refractivity contribution in [3.05, 3.63) is 76.2 Å². The van der Waals surface area contributed by atoms with Crippen LogP contribution < -0.4 is 5.69 Å². The van der Waals surface area contributed by atoms with Crippen LogP contribution in [0.2, 0.25) is 0 Å². The van der Waals surface area contributed by atoms with Crippen molar-refractivity contribution < 1.29 is 9.59 Å². The Morgan fingerprint density at radius 1 is 0.704 bits per heavy atom. The van der Waals surface area contributed by atoms with Gasteiger partial charge in [-0.15, -0.1) is 0 Å². The molecule has 0 fully saturated rings. The number of nitrogens with zero attached hydrogens (tertiary/aromatic N) is 5. The molecule has 0 radical (unpaired) electrons.